The van der Waals surface area contributed by atoms with Crippen LogP contribution in [0.2, 0.25) is 0 Å². The van der Waals surface area contributed by atoms with E-state index in [9.17, 15) is 39.4 Å². The Morgan fingerprint density at radius 1 is 0.652 bits per heavy atom. The van der Waals surface area contributed by atoms with Gasteiger partial charge in [-0.15, -0.1) is 0 Å². The van der Waals surface area contributed by atoms with Gasteiger partial charge < -0.3 is 29.0 Å². The maximum Gasteiger partial charge on any atom is 0.328 e. The molecule has 0 spiro atoms. The van der Waals surface area contributed by atoms with Gasteiger partial charge in [-0.25, -0.2) is 9.59 Å². The van der Waals surface area contributed by atoms with Crippen molar-refractivity contribution in [2.75, 3.05) is 39.5 Å². The predicted molar refractivity (Wildman–Crippen MR) is 252 cm³/mol. The fourth-order valence-electron chi connectivity index (χ4n) is 9.11. The van der Waals surface area contributed by atoms with Gasteiger partial charge in [-0.2, -0.15) is 9.78 Å². The molecule has 4 aromatic carbocycles. The van der Waals surface area contributed by atoms with Crippen LogP contribution in [0.4, 0.5) is 11.4 Å². The number of nitrogens with zero attached hydrogens (tertiary/aromatic N) is 4. The van der Waals surface area contributed by atoms with Gasteiger partial charge in [0.25, 0.3) is 11.4 Å². The molecule has 2 saturated heterocycles. The molecule has 18 nitrogen and oxygen atoms in total. The molecular formula is C50H50N4O14S. The lowest BCUT2D eigenvalue weighted by molar-refractivity contribution is -0.387. The lowest BCUT2D eigenvalue weighted by Gasteiger charge is -2.33. The number of carbonyl (C=O) groups excluding carboxylic acids is 4. The molecule has 2 amide bonds. The summed E-state index contributed by atoms with van der Waals surface area (Å²) < 4.78 is 10.5. The van der Waals surface area contributed by atoms with Crippen LogP contribution in [0.25, 0.3) is 34.4 Å². The quantitative estimate of drug-likeness (QED) is 0.0380. The summed E-state index contributed by atoms with van der Waals surface area (Å²) in [7, 11) is 0. The van der Waals surface area contributed by atoms with E-state index < -0.39 is 45.7 Å². The average molecular weight is 963 g/mol. The van der Waals surface area contributed by atoms with Crippen molar-refractivity contribution in [3.8, 4) is 33.8 Å². The zero-order valence-electron chi connectivity index (χ0n) is 38.0. The second kappa shape index (κ2) is 21.9. The molecule has 4 aromatic rings. The van der Waals surface area contributed by atoms with Crippen molar-refractivity contribution in [1.82, 2.24) is 9.80 Å². The largest absolute Gasteiger partial charge is 0.464 e. The lowest BCUT2D eigenvalue weighted by atomic mass is 9.94. The van der Waals surface area contributed by atoms with Gasteiger partial charge in [0, 0.05) is 49.2 Å². The number of rotatable bonds is 14. The number of likely N-dealkylation sites (tertiary alicyclic amines) is 2. The smallest absolute Gasteiger partial charge is 0.328 e. The standard InChI is InChI=1S/C50H50N4O14S/c1-3-63-49(57)37-9-5-7-25-51(37)43(55)21-15-31-13-19-41(47(53(59)60)45(31)35-11-17-39-33(29-35)23-27-65-67-39)69-42-20-14-32(16-22-44(56)52-26-8-6-10-38(52)50(58)64-4-2)46(48(42)54(61)62)36-12-18-40-34(30-36)24-28-66-68-40/h11-22,29-30,37-38H,3-10,23-28H2,1-2H3/b21-15+,22-16+. The fraction of sp³-hybridized carbons (Fsp3) is 0.360. The fourth-order valence-corrected chi connectivity index (χ4v) is 10.2. The van der Waals surface area contributed by atoms with Gasteiger partial charge in [-0.1, -0.05) is 36.0 Å². The highest BCUT2D eigenvalue weighted by Crippen LogP contribution is 2.49. The van der Waals surface area contributed by atoms with E-state index in [4.69, 9.17) is 29.0 Å². The number of hydrogen-bond acceptors (Lipinski definition) is 15. The van der Waals surface area contributed by atoms with Crippen molar-refractivity contribution in [2.24, 2.45) is 0 Å². The van der Waals surface area contributed by atoms with Crippen LogP contribution < -0.4 is 9.78 Å². The highest BCUT2D eigenvalue weighted by atomic mass is 32.2. The second-order valence-electron chi connectivity index (χ2n) is 16.6. The van der Waals surface area contributed by atoms with E-state index in [-0.39, 0.29) is 58.7 Å². The summed E-state index contributed by atoms with van der Waals surface area (Å²) >= 11 is 0.827. The van der Waals surface area contributed by atoms with E-state index in [0.29, 0.717) is 85.4 Å². The molecule has 69 heavy (non-hydrogen) atoms. The Balaban J connectivity index is 1.23. The molecule has 2 unspecified atom stereocenters. The highest BCUT2D eigenvalue weighted by molar-refractivity contribution is 7.99. The Morgan fingerprint density at radius 2 is 1.09 bits per heavy atom. The zero-order chi connectivity index (χ0) is 48.6. The third kappa shape index (κ3) is 10.6. The van der Waals surface area contributed by atoms with Crippen molar-refractivity contribution < 1.29 is 58.0 Å². The molecule has 0 aromatic heterocycles. The monoisotopic (exact) mass is 962 g/mol. The van der Waals surface area contributed by atoms with Crippen molar-refractivity contribution in [1.29, 1.82) is 0 Å². The molecule has 0 N–H and O–H groups in total. The first-order valence-corrected chi connectivity index (χ1v) is 23.8. The van der Waals surface area contributed by atoms with Gasteiger partial charge in [0.05, 0.1) is 57.2 Å². The van der Waals surface area contributed by atoms with Gasteiger partial charge in [-0.05, 0) is 123 Å². The van der Waals surface area contributed by atoms with Crippen LogP contribution in [0.5, 0.6) is 11.5 Å². The number of amides is 2. The van der Waals surface area contributed by atoms with Gasteiger partial charge in [0.2, 0.25) is 11.8 Å². The molecule has 8 rings (SSSR count). The first kappa shape index (κ1) is 48.4. The number of carbonyl (C=O) groups is 4. The number of benzene rings is 4. The van der Waals surface area contributed by atoms with Crippen LogP contribution in [-0.2, 0) is 51.3 Å². The van der Waals surface area contributed by atoms with Gasteiger partial charge in [0.1, 0.15) is 12.1 Å². The average Bonchev–Trinajstić information content (AvgIpc) is 3.36. The first-order valence-electron chi connectivity index (χ1n) is 22.9. The van der Waals surface area contributed by atoms with Crippen molar-refractivity contribution in [2.45, 2.75) is 87.1 Å². The van der Waals surface area contributed by atoms with Gasteiger partial charge >= 0.3 is 11.9 Å². The molecule has 19 heteroatoms. The van der Waals surface area contributed by atoms with E-state index in [1.807, 2.05) is 0 Å². The van der Waals surface area contributed by atoms with Crippen molar-refractivity contribution >= 4 is 59.0 Å². The molecule has 0 radical (unpaired) electrons. The van der Waals surface area contributed by atoms with Crippen LogP contribution in [0.3, 0.4) is 0 Å². The van der Waals surface area contributed by atoms with E-state index >= 15 is 0 Å². The van der Waals surface area contributed by atoms with Crippen LogP contribution >= 0.6 is 11.8 Å². The molecule has 4 aliphatic heterocycles. The molecule has 2 fully saturated rings. The number of hydrogen-bond donors (Lipinski definition) is 0. The van der Waals surface area contributed by atoms with E-state index in [0.717, 1.165) is 35.7 Å². The molecule has 360 valence electrons. The summed E-state index contributed by atoms with van der Waals surface area (Å²) in [4.78, 5) is 103. The first-order chi connectivity index (χ1) is 33.5. The maximum absolute atomic E-state index is 13.8. The van der Waals surface area contributed by atoms with Gasteiger partial charge in [-0.3, -0.25) is 29.8 Å². The molecule has 0 aliphatic carbocycles. The molecular weight excluding hydrogens is 913 g/mol. The molecule has 4 aliphatic rings. The number of fused-ring (bicyclic) bond motifs is 2. The Hall–Kier alpha value is -7.09. The highest BCUT2D eigenvalue weighted by Gasteiger charge is 2.35. The van der Waals surface area contributed by atoms with Gasteiger partial charge in [0.15, 0.2) is 11.5 Å². The van der Waals surface area contributed by atoms with Crippen LogP contribution in [0, 0.1) is 20.2 Å². The normalized spacial score (nSPS) is 17.9. The van der Waals surface area contributed by atoms with E-state index in [2.05, 4.69) is 0 Å². The number of piperidine rings is 2. The number of nitro groups is 2. The molecule has 2 atom stereocenters. The summed E-state index contributed by atoms with van der Waals surface area (Å²) in [5, 5.41) is 26.9. The molecule has 0 bridgehead atoms. The predicted octanol–water partition coefficient (Wildman–Crippen LogP) is 8.64. The maximum atomic E-state index is 13.8. The van der Waals surface area contributed by atoms with E-state index in [1.165, 1.54) is 46.2 Å². The minimum absolute atomic E-state index is 0.0628. The molecule has 0 saturated carbocycles. The van der Waals surface area contributed by atoms with Crippen LogP contribution in [0.1, 0.15) is 74.6 Å². The zero-order valence-corrected chi connectivity index (χ0v) is 38.9. The lowest BCUT2D eigenvalue weighted by Crippen LogP contribution is -2.48. The minimum Gasteiger partial charge on any atom is -0.464 e. The number of ether oxygens (including phenoxy) is 2. The van der Waals surface area contributed by atoms with Crippen LogP contribution in [-0.4, -0.2) is 95.0 Å². The van der Waals surface area contributed by atoms with Crippen LogP contribution in [0.15, 0.2) is 82.6 Å². The molecule has 4 heterocycles. The van der Waals surface area contributed by atoms with Crippen molar-refractivity contribution in [3.05, 3.63) is 115 Å². The topological polar surface area (TPSA) is 216 Å². The number of esters is 2. The Morgan fingerprint density at radius 3 is 1.49 bits per heavy atom. The summed E-state index contributed by atoms with van der Waals surface area (Å²) in [5.41, 5.74) is 2.42. The summed E-state index contributed by atoms with van der Waals surface area (Å²) in [6.45, 7) is 4.86. The van der Waals surface area contributed by atoms with E-state index in [1.54, 1.807) is 62.4 Å². The second-order valence-corrected chi connectivity index (χ2v) is 17.7. The minimum atomic E-state index is -0.767. The Kier molecular flexibility index (Phi) is 15.4. The summed E-state index contributed by atoms with van der Waals surface area (Å²) in [6.07, 6.45) is 10.2. The number of nitro benzene ring substituents is 2. The summed E-state index contributed by atoms with van der Waals surface area (Å²) in [6, 6.07) is 14.7. The third-order valence-corrected chi connectivity index (χ3v) is 13.4. The Bertz CT molecular complexity index is 2560. The third-order valence-electron chi connectivity index (χ3n) is 12.3. The Labute approximate surface area is 401 Å². The summed E-state index contributed by atoms with van der Waals surface area (Å²) in [5.74, 6) is -1.05. The SMILES string of the molecule is CCOC(=O)C1CCCCN1C(=O)/C=C/c1ccc(Sc2ccc(/C=C/C(=O)N3CCCCC3C(=O)OCC)c(-c3ccc4c(c3)CCOO4)c2[N+](=O)[O-])c([N+](=O)[O-])c1-c1ccc2c(c1)CCOO2. The van der Waals surface area contributed by atoms with Crippen molar-refractivity contribution in [3.63, 3.8) is 0 Å².